The van der Waals surface area contributed by atoms with Crippen molar-refractivity contribution in [1.29, 1.82) is 0 Å². The maximum atomic E-state index is 13.2. The van der Waals surface area contributed by atoms with Gasteiger partial charge >= 0.3 is 6.18 Å². The Morgan fingerprint density at radius 3 is 2.15 bits per heavy atom. The van der Waals surface area contributed by atoms with Gasteiger partial charge in [0.05, 0.1) is 28.6 Å². The SMILES string of the molecule is O=C1CC(N2CCN(S(=O)(=O)c3cccc(C(F)(F)F)c3)CC2)C(=O)N1c1ccc(F)cc1. The van der Waals surface area contributed by atoms with Crippen molar-refractivity contribution in [3.63, 3.8) is 0 Å². The molecule has 2 heterocycles. The van der Waals surface area contributed by atoms with Crippen LogP contribution in [0, 0.1) is 5.82 Å². The first-order valence-corrected chi connectivity index (χ1v) is 11.5. The number of hydrogen-bond donors (Lipinski definition) is 0. The molecule has 2 amide bonds. The van der Waals surface area contributed by atoms with Gasteiger partial charge in [-0.1, -0.05) is 6.07 Å². The Morgan fingerprint density at radius 2 is 1.55 bits per heavy atom. The summed E-state index contributed by atoms with van der Waals surface area (Å²) in [7, 11) is -4.17. The summed E-state index contributed by atoms with van der Waals surface area (Å²) in [5.41, 5.74) is -0.808. The van der Waals surface area contributed by atoms with Crippen molar-refractivity contribution in [1.82, 2.24) is 9.21 Å². The van der Waals surface area contributed by atoms with Gasteiger partial charge in [0.25, 0.3) is 5.91 Å². The van der Waals surface area contributed by atoms with E-state index in [1.165, 1.54) is 12.1 Å². The molecule has 4 rings (SSSR count). The van der Waals surface area contributed by atoms with Crippen LogP contribution in [0.5, 0.6) is 0 Å². The molecular formula is C21H19F4N3O4S. The fraction of sp³-hybridized carbons (Fsp3) is 0.333. The normalized spacial score (nSPS) is 21.1. The second kappa shape index (κ2) is 8.50. The van der Waals surface area contributed by atoms with Gasteiger partial charge in [-0.25, -0.2) is 17.7 Å². The van der Waals surface area contributed by atoms with E-state index in [0.717, 1.165) is 39.5 Å². The van der Waals surface area contributed by atoms with Gasteiger partial charge in [0, 0.05) is 26.2 Å². The first kappa shape index (κ1) is 23.3. The number of imide groups is 1. The number of carbonyl (C=O) groups excluding carboxylic acids is 2. The molecule has 12 heteroatoms. The number of nitrogens with zero attached hydrogens (tertiary/aromatic N) is 3. The van der Waals surface area contributed by atoms with E-state index in [1.807, 2.05) is 0 Å². The van der Waals surface area contributed by atoms with Crippen molar-refractivity contribution in [2.45, 2.75) is 23.5 Å². The molecule has 0 spiro atoms. The Labute approximate surface area is 187 Å². The molecule has 0 saturated carbocycles. The van der Waals surface area contributed by atoms with E-state index in [1.54, 1.807) is 4.90 Å². The second-order valence-electron chi connectivity index (χ2n) is 7.73. The molecule has 0 aliphatic carbocycles. The number of benzene rings is 2. The third-order valence-corrected chi connectivity index (χ3v) is 7.62. The zero-order valence-corrected chi connectivity index (χ0v) is 17.9. The summed E-state index contributed by atoms with van der Waals surface area (Å²) in [5.74, 6) is -1.44. The minimum Gasteiger partial charge on any atom is -0.289 e. The monoisotopic (exact) mass is 485 g/mol. The number of hydrogen-bond acceptors (Lipinski definition) is 5. The van der Waals surface area contributed by atoms with Crippen molar-refractivity contribution < 1.29 is 35.6 Å². The summed E-state index contributed by atoms with van der Waals surface area (Å²) in [6, 6.07) is 7.69. The highest BCUT2D eigenvalue weighted by Crippen LogP contribution is 2.32. The van der Waals surface area contributed by atoms with Crippen LogP contribution in [0.1, 0.15) is 12.0 Å². The fourth-order valence-electron chi connectivity index (χ4n) is 4.00. The minimum atomic E-state index is -4.67. The van der Waals surface area contributed by atoms with Crippen molar-refractivity contribution in [3.05, 3.63) is 59.9 Å². The van der Waals surface area contributed by atoms with Crippen LogP contribution in [-0.2, 0) is 25.8 Å². The summed E-state index contributed by atoms with van der Waals surface area (Å²) in [6.07, 6.45) is -4.77. The van der Waals surface area contributed by atoms with Gasteiger partial charge in [0.15, 0.2) is 0 Å². The van der Waals surface area contributed by atoms with Crippen LogP contribution in [0.4, 0.5) is 23.2 Å². The molecule has 2 fully saturated rings. The number of amides is 2. The minimum absolute atomic E-state index is 0.0485. The molecule has 0 bridgehead atoms. The van der Waals surface area contributed by atoms with Gasteiger partial charge in [0.1, 0.15) is 5.82 Å². The number of piperazine rings is 1. The summed E-state index contributed by atoms with van der Waals surface area (Å²) < 4.78 is 78.8. The predicted molar refractivity (Wildman–Crippen MR) is 109 cm³/mol. The number of halogens is 4. The molecule has 1 unspecified atom stereocenters. The van der Waals surface area contributed by atoms with Crippen molar-refractivity contribution >= 4 is 27.5 Å². The van der Waals surface area contributed by atoms with E-state index < -0.39 is 50.3 Å². The Balaban J connectivity index is 1.45. The van der Waals surface area contributed by atoms with E-state index in [2.05, 4.69) is 0 Å². The molecule has 33 heavy (non-hydrogen) atoms. The van der Waals surface area contributed by atoms with E-state index in [-0.39, 0.29) is 38.3 Å². The van der Waals surface area contributed by atoms with Crippen LogP contribution in [0.2, 0.25) is 0 Å². The Hall–Kier alpha value is -2.83. The number of rotatable bonds is 4. The quantitative estimate of drug-likeness (QED) is 0.491. The van der Waals surface area contributed by atoms with Crippen molar-refractivity contribution in [2.75, 3.05) is 31.1 Å². The largest absolute Gasteiger partial charge is 0.416 e. The van der Waals surface area contributed by atoms with Crippen LogP contribution in [-0.4, -0.2) is 61.7 Å². The van der Waals surface area contributed by atoms with E-state index >= 15 is 0 Å². The summed E-state index contributed by atoms with van der Waals surface area (Å²) in [5, 5.41) is 0. The summed E-state index contributed by atoms with van der Waals surface area (Å²) in [6.45, 7) is 0.151. The Kier molecular flexibility index (Phi) is 6.01. The van der Waals surface area contributed by atoms with E-state index in [9.17, 15) is 35.6 Å². The molecule has 2 aromatic carbocycles. The average molecular weight is 485 g/mol. The highest BCUT2D eigenvalue weighted by atomic mass is 32.2. The standard InChI is InChI=1S/C21H19F4N3O4S/c22-15-4-6-16(7-5-15)28-19(29)13-18(20(28)30)26-8-10-27(11-9-26)33(31,32)17-3-1-2-14(12-17)21(23,24)25/h1-7,12,18H,8-11,13H2. The van der Waals surface area contributed by atoms with Crippen LogP contribution in [0.3, 0.4) is 0 Å². The molecule has 2 aromatic rings. The Morgan fingerprint density at radius 1 is 0.909 bits per heavy atom. The second-order valence-corrected chi connectivity index (χ2v) is 9.67. The summed E-state index contributed by atoms with van der Waals surface area (Å²) in [4.78, 5) is 27.5. The maximum Gasteiger partial charge on any atom is 0.416 e. The van der Waals surface area contributed by atoms with E-state index in [4.69, 9.17) is 0 Å². The molecule has 176 valence electrons. The fourth-order valence-corrected chi connectivity index (χ4v) is 5.47. The lowest BCUT2D eigenvalue weighted by Crippen LogP contribution is -2.53. The smallest absolute Gasteiger partial charge is 0.289 e. The molecule has 1 atom stereocenters. The van der Waals surface area contributed by atoms with Crippen LogP contribution >= 0.6 is 0 Å². The van der Waals surface area contributed by atoms with Gasteiger partial charge in [-0.15, -0.1) is 0 Å². The van der Waals surface area contributed by atoms with Crippen LogP contribution in [0.15, 0.2) is 53.4 Å². The van der Waals surface area contributed by atoms with Gasteiger partial charge < -0.3 is 0 Å². The molecule has 2 aliphatic rings. The van der Waals surface area contributed by atoms with Gasteiger partial charge in [-0.3, -0.25) is 14.5 Å². The van der Waals surface area contributed by atoms with Crippen LogP contribution < -0.4 is 4.90 Å². The maximum absolute atomic E-state index is 13.2. The lowest BCUT2D eigenvalue weighted by Gasteiger charge is -2.36. The number of sulfonamides is 1. The lowest BCUT2D eigenvalue weighted by molar-refractivity contribution is -0.137. The first-order valence-electron chi connectivity index (χ1n) is 10.0. The topological polar surface area (TPSA) is 78.0 Å². The zero-order chi connectivity index (χ0) is 24.0. The van der Waals surface area contributed by atoms with Gasteiger partial charge in [-0.05, 0) is 42.5 Å². The third kappa shape index (κ3) is 4.50. The number of alkyl halides is 3. The highest BCUT2D eigenvalue weighted by Gasteiger charge is 2.44. The average Bonchev–Trinajstić information content (AvgIpc) is 3.08. The Bertz CT molecular complexity index is 1180. The number of anilines is 1. The van der Waals surface area contributed by atoms with Gasteiger partial charge in [0.2, 0.25) is 15.9 Å². The first-order chi connectivity index (χ1) is 15.5. The molecule has 0 aromatic heterocycles. The van der Waals surface area contributed by atoms with Gasteiger partial charge in [-0.2, -0.15) is 17.5 Å². The van der Waals surface area contributed by atoms with Crippen LogP contribution in [0.25, 0.3) is 0 Å². The molecule has 7 nitrogen and oxygen atoms in total. The summed E-state index contributed by atoms with van der Waals surface area (Å²) >= 11 is 0. The third-order valence-electron chi connectivity index (χ3n) is 5.72. The molecule has 0 N–H and O–H groups in total. The molecule has 2 aliphatic heterocycles. The molecule has 0 radical (unpaired) electrons. The molecule has 2 saturated heterocycles. The van der Waals surface area contributed by atoms with Crippen molar-refractivity contribution in [3.8, 4) is 0 Å². The molecular weight excluding hydrogens is 466 g/mol. The van der Waals surface area contributed by atoms with E-state index in [0.29, 0.717) is 6.07 Å². The van der Waals surface area contributed by atoms with Crippen molar-refractivity contribution in [2.24, 2.45) is 0 Å². The zero-order valence-electron chi connectivity index (χ0n) is 17.1. The predicted octanol–water partition coefficient (Wildman–Crippen LogP) is 2.48. The number of carbonyl (C=O) groups is 2. The lowest BCUT2D eigenvalue weighted by atomic mass is 10.2. The highest BCUT2D eigenvalue weighted by molar-refractivity contribution is 7.89.